The second kappa shape index (κ2) is 16.0. The minimum atomic E-state index is 0.0123. The lowest BCUT2D eigenvalue weighted by atomic mass is 10.1. The van der Waals surface area contributed by atoms with Crippen LogP contribution >= 0.6 is 0 Å². The highest BCUT2D eigenvalue weighted by atomic mass is 16.5. The maximum atomic E-state index is 10.6. The molecule has 0 atom stereocenters. The molecule has 1 N–H and O–H groups in total. The summed E-state index contributed by atoms with van der Waals surface area (Å²) in [5.74, 6) is 0.981. The van der Waals surface area contributed by atoms with Crippen molar-refractivity contribution in [2.75, 3.05) is 46.4 Å². The summed E-state index contributed by atoms with van der Waals surface area (Å²) in [7, 11) is 1.76. The van der Waals surface area contributed by atoms with Crippen LogP contribution < -0.4 is 10.1 Å². The Kier molecular flexibility index (Phi) is 11.8. The maximum absolute atomic E-state index is 10.6. The third-order valence-corrected chi connectivity index (χ3v) is 7.87. The fourth-order valence-electron chi connectivity index (χ4n) is 5.47. The van der Waals surface area contributed by atoms with Crippen molar-refractivity contribution in [3.63, 3.8) is 0 Å². The van der Waals surface area contributed by atoms with Gasteiger partial charge in [-0.3, -0.25) is 4.79 Å². The number of benzene rings is 3. The molecule has 0 unspecified atom stereocenters. The van der Waals surface area contributed by atoms with E-state index in [1.807, 2.05) is 31.2 Å². The van der Waals surface area contributed by atoms with Crippen molar-refractivity contribution in [3.05, 3.63) is 102 Å². The molecule has 0 saturated carbocycles. The number of carbonyl (C=O) groups excluding carboxylic acids is 1. The van der Waals surface area contributed by atoms with Gasteiger partial charge in [-0.1, -0.05) is 66.7 Å². The molecule has 218 valence electrons. The van der Waals surface area contributed by atoms with Gasteiger partial charge in [0.25, 0.3) is 0 Å². The van der Waals surface area contributed by atoms with Crippen molar-refractivity contribution in [2.24, 2.45) is 0 Å². The Hall–Kier alpha value is -3.61. The van der Waals surface area contributed by atoms with Crippen molar-refractivity contribution < 1.29 is 9.53 Å². The second-order valence-corrected chi connectivity index (χ2v) is 10.9. The number of aryl methyl sites for hydroxylation is 2. The molecular formula is C35H46N4O2. The largest absolute Gasteiger partial charge is 0.495 e. The van der Waals surface area contributed by atoms with Gasteiger partial charge in [-0.2, -0.15) is 0 Å². The van der Waals surface area contributed by atoms with Crippen LogP contribution in [0.25, 0.3) is 10.9 Å². The first-order chi connectivity index (χ1) is 20.0. The van der Waals surface area contributed by atoms with Crippen molar-refractivity contribution in [2.45, 2.75) is 46.2 Å². The fraction of sp³-hybridized carbons (Fsp3) is 0.400. The molecule has 5 rings (SSSR count). The molecule has 2 heterocycles. The van der Waals surface area contributed by atoms with Crippen LogP contribution in [0.15, 0.2) is 85.1 Å². The van der Waals surface area contributed by atoms with E-state index in [0.717, 1.165) is 18.7 Å². The number of rotatable bonds is 10. The molecule has 6 heteroatoms. The Morgan fingerprint density at radius 2 is 1.56 bits per heavy atom. The number of nitrogens with zero attached hydrogens (tertiary/aromatic N) is 3. The predicted octanol–water partition coefficient (Wildman–Crippen LogP) is 5.92. The summed E-state index contributed by atoms with van der Waals surface area (Å²) in [6.45, 7) is 12.4. The second-order valence-electron chi connectivity index (χ2n) is 10.9. The summed E-state index contributed by atoms with van der Waals surface area (Å²) >= 11 is 0. The van der Waals surface area contributed by atoms with Crippen LogP contribution in [0.1, 0.15) is 36.5 Å². The number of ether oxygens (including phenoxy) is 1. The van der Waals surface area contributed by atoms with E-state index >= 15 is 0 Å². The highest BCUT2D eigenvalue weighted by Crippen LogP contribution is 2.26. The van der Waals surface area contributed by atoms with Crippen molar-refractivity contribution in [1.29, 1.82) is 0 Å². The first kappa shape index (κ1) is 30.4. The summed E-state index contributed by atoms with van der Waals surface area (Å²) in [6.07, 6.45) is 5.80. The van der Waals surface area contributed by atoms with E-state index in [-0.39, 0.29) is 5.91 Å². The van der Waals surface area contributed by atoms with E-state index in [1.165, 1.54) is 86.6 Å². The average Bonchev–Trinajstić information content (AvgIpc) is 3.27. The molecule has 1 amide bonds. The van der Waals surface area contributed by atoms with Gasteiger partial charge in [0.2, 0.25) is 5.91 Å². The Morgan fingerprint density at radius 1 is 0.829 bits per heavy atom. The van der Waals surface area contributed by atoms with E-state index in [4.69, 9.17) is 4.74 Å². The highest BCUT2D eigenvalue weighted by Gasteiger charge is 2.15. The minimum Gasteiger partial charge on any atom is -0.495 e. The SMILES string of the molecule is CC(=O)NCc1ccccc1C.COc1cccc2ccn(CCCN3CCCN(CCc4ccccc4)CC3)c12. The number of fused-ring (bicyclic) bond motifs is 1. The van der Waals surface area contributed by atoms with Crippen LogP contribution in [-0.4, -0.2) is 66.7 Å². The number of para-hydroxylation sites is 1. The van der Waals surface area contributed by atoms with E-state index in [1.54, 1.807) is 7.11 Å². The zero-order chi connectivity index (χ0) is 28.9. The molecule has 1 aliphatic heterocycles. The van der Waals surface area contributed by atoms with Gasteiger partial charge >= 0.3 is 0 Å². The average molecular weight is 555 g/mol. The van der Waals surface area contributed by atoms with Crippen LogP contribution in [0.5, 0.6) is 5.75 Å². The van der Waals surface area contributed by atoms with Gasteiger partial charge in [-0.15, -0.1) is 0 Å². The lowest BCUT2D eigenvalue weighted by Gasteiger charge is -2.22. The number of aromatic nitrogens is 1. The molecule has 1 aliphatic rings. The van der Waals surface area contributed by atoms with Crippen molar-refractivity contribution in [1.82, 2.24) is 19.7 Å². The third kappa shape index (κ3) is 9.48. The lowest BCUT2D eigenvalue weighted by molar-refractivity contribution is -0.119. The molecule has 0 spiro atoms. The summed E-state index contributed by atoms with van der Waals surface area (Å²) in [5, 5.41) is 4.02. The minimum absolute atomic E-state index is 0.0123. The van der Waals surface area contributed by atoms with Gasteiger partial charge in [0, 0.05) is 51.2 Å². The van der Waals surface area contributed by atoms with Crippen molar-refractivity contribution in [3.8, 4) is 5.75 Å². The van der Waals surface area contributed by atoms with E-state index in [2.05, 4.69) is 80.5 Å². The number of carbonyl (C=O) groups is 1. The van der Waals surface area contributed by atoms with Crippen LogP contribution in [0.4, 0.5) is 0 Å². The molecule has 4 aromatic rings. The zero-order valence-electron chi connectivity index (χ0n) is 25.0. The lowest BCUT2D eigenvalue weighted by Crippen LogP contribution is -2.32. The van der Waals surface area contributed by atoms with E-state index < -0.39 is 0 Å². The molecule has 1 aromatic heterocycles. The summed E-state index contributed by atoms with van der Waals surface area (Å²) in [5.41, 5.74) is 5.06. The normalized spacial score (nSPS) is 14.2. The van der Waals surface area contributed by atoms with Gasteiger partial charge < -0.3 is 24.4 Å². The monoisotopic (exact) mass is 554 g/mol. The number of methoxy groups -OCH3 is 1. The Bertz CT molecular complexity index is 1350. The molecule has 0 bridgehead atoms. The van der Waals surface area contributed by atoms with Crippen LogP contribution in [0.3, 0.4) is 0 Å². The summed E-state index contributed by atoms with van der Waals surface area (Å²) in [4.78, 5) is 15.9. The molecule has 1 fully saturated rings. The predicted molar refractivity (Wildman–Crippen MR) is 169 cm³/mol. The standard InChI is InChI=1S/C25H33N3O.C10H13NO/c1-29-24-11-5-10-23-13-19-28(25(23)24)17-7-16-26-14-6-15-27(21-20-26)18-12-22-8-3-2-4-9-22;1-8-5-3-4-6-10(8)7-11-9(2)12/h2-5,8-11,13,19H,6-7,12,14-18,20-21H2,1H3;3-6H,7H2,1-2H3,(H,11,12). The Labute approximate surface area is 245 Å². The van der Waals surface area contributed by atoms with Crippen LogP contribution in [0, 0.1) is 6.92 Å². The zero-order valence-corrected chi connectivity index (χ0v) is 25.0. The Morgan fingerprint density at radius 3 is 2.29 bits per heavy atom. The number of amides is 1. The molecule has 0 aliphatic carbocycles. The Balaban J connectivity index is 0.000000271. The van der Waals surface area contributed by atoms with Crippen molar-refractivity contribution >= 4 is 16.8 Å². The molecular weight excluding hydrogens is 508 g/mol. The first-order valence-corrected chi connectivity index (χ1v) is 14.9. The molecule has 41 heavy (non-hydrogen) atoms. The van der Waals surface area contributed by atoms with E-state index in [9.17, 15) is 4.79 Å². The van der Waals surface area contributed by atoms with Crippen LogP contribution in [-0.2, 0) is 24.3 Å². The van der Waals surface area contributed by atoms with E-state index in [0.29, 0.717) is 6.54 Å². The number of hydrogen-bond acceptors (Lipinski definition) is 4. The smallest absolute Gasteiger partial charge is 0.217 e. The fourth-order valence-corrected chi connectivity index (χ4v) is 5.47. The van der Waals surface area contributed by atoms with Gasteiger partial charge in [0.05, 0.1) is 12.6 Å². The summed E-state index contributed by atoms with van der Waals surface area (Å²) in [6, 6.07) is 27.4. The molecule has 0 radical (unpaired) electrons. The van der Waals surface area contributed by atoms with Gasteiger partial charge in [0.15, 0.2) is 0 Å². The quantitative estimate of drug-likeness (QED) is 0.264. The summed E-state index contributed by atoms with van der Waals surface area (Å²) < 4.78 is 7.91. The highest BCUT2D eigenvalue weighted by molar-refractivity contribution is 5.86. The first-order valence-electron chi connectivity index (χ1n) is 14.9. The third-order valence-electron chi connectivity index (χ3n) is 7.87. The van der Waals surface area contributed by atoms with Gasteiger partial charge in [0.1, 0.15) is 5.75 Å². The molecule has 3 aromatic carbocycles. The van der Waals surface area contributed by atoms with Gasteiger partial charge in [-0.25, -0.2) is 0 Å². The number of hydrogen-bond donors (Lipinski definition) is 1. The topological polar surface area (TPSA) is 49.7 Å². The molecule has 1 saturated heterocycles. The number of nitrogens with one attached hydrogen (secondary N) is 1. The molecule has 6 nitrogen and oxygen atoms in total. The van der Waals surface area contributed by atoms with Crippen LogP contribution in [0.2, 0.25) is 0 Å². The van der Waals surface area contributed by atoms with Gasteiger partial charge in [-0.05, 0) is 74.6 Å². The maximum Gasteiger partial charge on any atom is 0.217 e.